The number of aliphatic hydroxyl groups excluding tert-OH is 1. The molecule has 6 nitrogen and oxygen atoms in total. The van der Waals surface area contributed by atoms with Gasteiger partial charge in [-0.15, -0.1) is 0 Å². The molecule has 1 heterocycles. The molecule has 1 atom stereocenters. The minimum absolute atomic E-state index is 0.147. The molecule has 0 spiro atoms. The summed E-state index contributed by atoms with van der Waals surface area (Å²) in [6.07, 6.45) is 0.903. The number of nitrogens with one attached hydrogen (secondary N) is 1. The number of aliphatic hydroxyl groups is 1. The van der Waals surface area contributed by atoms with Crippen LogP contribution in [0.15, 0.2) is 24.5 Å². The number of hydrogen-bond donors (Lipinski definition) is 2. The number of benzene rings is 1. The topological polar surface area (TPSA) is 78.5 Å². The van der Waals surface area contributed by atoms with Crippen LogP contribution < -0.4 is 0 Å². The third-order valence-electron chi connectivity index (χ3n) is 2.86. The molecule has 0 radical (unpaired) electrons. The maximum atomic E-state index is 12.2. The van der Waals surface area contributed by atoms with Crippen molar-refractivity contribution >= 4 is 16.9 Å². The van der Waals surface area contributed by atoms with E-state index in [2.05, 4.69) is 9.97 Å². The fourth-order valence-electron chi connectivity index (χ4n) is 1.93. The van der Waals surface area contributed by atoms with Gasteiger partial charge in [0.25, 0.3) is 5.91 Å². The minimum atomic E-state index is -0.685. The van der Waals surface area contributed by atoms with E-state index in [1.807, 2.05) is 0 Å². The Hall–Kier alpha value is -1.92. The monoisotopic (exact) mass is 263 g/mol. The SMILES string of the molecule is COCC(O)CN(C)C(=O)c1ccc2nc[nH]c2c1. The smallest absolute Gasteiger partial charge is 0.253 e. The van der Waals surface area contributed by atoms with E-state index >= 15 is 0 Å². The molecule has 0 aliphatic carbocycles. The van der Waals surface area contributed by atoms with E-state index in [9.17, 15) is 9.90 Å². The number of methoxy groups -OCH3 is 1. The second kappa shape index (κ2) is 5.81. The van der Waals surface area contributed by atoms with Gasteiger partial charge in [0.1, 0.15) is 0 Å². The summed E-state index contributed by atoms with van der Waals surface area (Å²) in [6.45, 7) is 0.435. The summed E-state index contributed by atoms with van der Waals surface area (Å²) < 4.78 is 4.84. The molecule has 2 aromatic rings. The van der Waals surface area contributed by atoms with E-state index in [4.69, 9.17) is 4.74 Å². The molecule has 19 heavy (non-hydrogen) atoms. The average Bonchev–Trinajstić information content (AvgIpc) is 2.85. The molecule has 0 saturated carbocycles. The Morgan fingerprint density at radius 2 is 2.37 bits per heavy atom. The van der Waals surface area contributed by atoms with E-state index in [-0.39, 0.29) is 19.1 Å². The number of H-pyrrole nitrogens is 1. The predicted molar refractivity (Wildman–Crippen MR) is 70.9 cm³/mol. The third kappa shape index (κ3) is 3.10. The number of rotatable bonds is 5. The number of aromatic amines is 1. The number of ether oxygens (including phenoxy) is 1. The molecule has 0 aliphatic rings. The number of imidazole rings is 1. The molecular formula is C13H17N3O3. The van der Waals surface area contributed by atoms with E-state index in [1.165, 1.54) is 12.0 Å². The van der Waals surface area contributed by atoms with Crippen LogP contribution in [0.5, 0.6) is 0 Å². The van der Waals surface area contributed by atoms with Crippen LogP contribution in [0.25, 0.3) is 11.0 Å². The van der Waals surface area contributed by atoms with Gasteiger partial charge >= 0.3 is 0 Å². The van der Waals surface area contributed by atoms with Gasteiger partial charge in [0.05, 0.1) is 30.1 Å². The number of hydrogen-bond acceptors (Lipinski definition) is 4. The molecular weight excluding hydrogens is 246 g/mol. The molecule has 102 valence electrons. The van der Waals surface area contributed by atoms with Crippen molar-refractivity contribution in [3.63, 3.8) is 0 Å². The van der Waals surface area contributed by atoms with Gasteiger partial charge in [-0.25, -0.2) is 4.98 Å². The summed E-state index contributed by atoms with van der Waals surface area (Å²) >= 11 is 0. The van der Waals surface area contributed by atoms with Gasteiger partial charge in [0, 0.05) is 26.3 Å². The predicted octanol–water partition coefficient (Wildman–Crippen LogP) is 0.642. The highest BCUT2D eigenvalue weighted by Gasteiger charge is 2.16. The first-order valence-electron chi connectivity index (χ1n) is 5.97. The lowest BCUT2D eigenvalue weighted by atomic mass is 10.1. The lowest BCUT2D eigenvalue weighted by Crippen LogP contribution is -2.36. The van der Waals surface area contributed by atoms with Crippen molar-refractivity contribution in [2.24, 2.45) is 0 Å². The normalized spacial score (nSPS) is 12.6. The second-order valence-electron chi connectivity index (χ2n) is 4.43. The van der Waals surface area contributed by atoms with Crippen molar-refractivity contribution in [2.45, 2.75) is 6.10 Å². The Kier molecular flexibility index (Phi) is 4.13. The number of carbonyl (C=O) groups excluding carboxylic acids is 1. The van der Waals surface area contributed by atoms with Gasteiger partial charge in [-0.2, -0.15) is 0 Å². The van der Waals surface area contributed by atoms with E-state index in [0.717, 1.165) is 11.0 Å². The standard InChI is InChI=1S/C13H17N3O3/c1-16(6-10(17)7-19-2)13(18)9-3-4-11-12(5-9)15-8-14-11/h3-5,8,10,17H,6-7H2,1-2H3,(H,14,15). The van der Waals surface area contributed by atoms with Crippen LogP contribution in [-0.4, -0.2) is 59.3 Å². The average molecular weight is 263 g/mol. The van der Waals surface area contributed by atoms with Crippen molar-refractivity contribution < 1.29 is 14.6 Å². The Balaban J connectivity index is 2.09. The van der Waals surface area contributed by atoms with Gasteiger partial charge < -0.3 is 19.7 Å². The molecule has 0 aliphatic heterocycles. The first-order valence-corrected chi connectivity index (χ1v) is 5.97. The summed E-state index contributed by atoms with van der Waals surface area (Å²) in [4.78, 5) is 20.7. The highest BCUT2D eigenvalue weighted by Crippen LogP contribution is 2.13. The fourth-order valence-corrected chi connectivity index (χ4v) is 1.93. The largest absolute Gasteiger partial charge is 0.389 e. The lowest BCUT2D eigenvalue weighted by molar-refractivity contribution is 0.0380. The molecule has 0 fully saturated rings. The maximum Gasteiger partial charge on any atom is 0.253 e. The van der Waals surface area contributed by atoms with Crippen LogP contribution in [0, 0.1) is 0 Å². The molecule has 0 saturated heterocycles. The van der Waals surface area contributed by atoms with Gasteiger partial charge in [0.15, 0.2) is 0 Å². The zero-order chi connectivity index (χ0) is 13.8. The number of fused-ring (bicyclic) bond motifs is 1. The lowest BCUT2D eigenvalue weighted by Gasteiger charge is -2.20. The maximum absolute atomic E-state index is 12.2. The van der Waals surface area contributed by atoms with Crippen molar-refractivity contribution in [1.29, 1.82) is 0 Å². The number of likely N-dealkylation sites (N-methyl/N-ethyl adjacent to an activating group) is 1. The molecule has 2 N–H and O–H groups in total. The highest BCUT2D eigenvalue weighted by molar-refractivity contribution is 5.97. The molecule has 1 amide bonds. The first-order chi connectivity index (χ1) is 9.11. The second-order valence-corrected chi connectivity index (χ2v) is 4.43. The molecule has 1 aromatic heterocycles. The number of amides is 1. The third-order valence-corrected chi connectivity index (χ3v) is 2.86. The Morgan fingerprint density at radius 1 is 1.58 bits per heavy atom. The Labute approximate surface area is 111 Å². The zero-order valence-corrected chi connectivity index (χ0v) is 11.0. The molecule has 1 unspecified atom stereocenters. The fraction of sp³-hybridized carbons (Fsp3) is 0.385. The molecule has 2 rings (SSSR count). The van der Waals surface area contributed by atoms with Crippen LogP contribution in [0.2, 0.25) is 0 Å². The Bertz CT molecular complexity index is 567. The molecule has 0 bridgehead atoms. The Morgan fingerprint density at radius 3 is 3.11 bits per heavy atom. The summed E-state index contributed by atoms with van der Waals surface area (Å²) in [6, 6.07) is 5.27. The number of aromatic nitrogens is 2. The van der Waals surface area contributed by atoms with Crippen molar-refractivity contribution in [3.8, 4) is 0 Å². The summed E-state index contributed by atoms with van der Waals surface area (Å²) in [5.74, 6) is -0.147. The van der Waals surface area contributed by atoms with Gasteiger partial charge in [-0.3, -0.25) is 4.79 Å². The van der Waals surface area contributed by atoms with E-state index < -0.39 is 6.10 Å². The van der Waals surface area contributed by atoms with Crippen LogP contribution in [0.3, 0.4) is 0 Å². The minimum Gasteiger partial charge on any atom is -0.389 e. The van der Waals surface area contributed by atoms with Crippen molar-refractivity contribution in [1.82, 2.24) is 14.9 Å². The van der Waals surface area contributed by atoms with Crippen LogP contribution in [0.1, 0.15) is 10.4 Å². The molecule has 6 heteroatoms. The number of carbonyl (C=O) groups is 1. The van der Waals surface area contributed by atoms with E-state index in [1.54, 1.807) is 31.6 Å². The molecule has 1 aromatic carbocycles. The van der Waals surface area contributed by atoms with E-state index in [0.29, 0.717) is 5.56 Å². The van der Waals surface area contributed by atoms with Crippen LogP contribution in [-0.2, 0) is 4.74 Å². The zero-order valence-electron chi connectivity index (χ0n) is 11.0. The summed E-state index contributed by atoms with van der Waals surface area (Å²) in [5, 5.41) is 9.62. The quantitative estimate of drug-likeness (QED) is 0.830. The first kappa shape index (κ1) is 13.5. The summed E-state index contributed by atoms with van der Waals surface area (Å²) in [5.41, 5.74) is 2.19. The highest BCUT2D eigenvalue weighted by atomic mass is 16.5. The van der Waals surface area contributed by atoms with Crippen LogP contribution >= 0.6 is 0 Å². The van der Waals surface area contributed by atoms with Gasteiger partial charge in [0.2, 0.25) is 0 Å². The number of nitrogens with zero attached hydrogens (tertiary/aromatic N) is 2. The van der Waals surface area contributed by atoms with Gasteiger partial charge in [-0.1, -0.05) is 0 Å². The van der Waals surface area contributed by atoms with Crippen molar-refractivity contribution in [3.05, 3.63) is 30.1 Å². The van der Waals surface area contributed by atoms with Gasteiger partial charge in [-0.05, 0) is 18.2 Å². The van der Waals surface area contributed by atoms with Crippen LogP contribution in [0.4, 0.5) is 0 Å². The summed E-state index contributed by atoms with van der Waals surface area (Å²) in [7, 11) is 3.16. The van der Waals surface area contributed by atoms with Crippen molar-refractivity contribution in [2.75, 3.05) is 27.3 Å².